The lowest BCUT2D eigenvalue weighted by Crippen LogP contribution is -2.42. The highest BCUT2D eigenvalue weighted by Crippen LogP contribution is 2.24. The molecule has 2 rings (SSSR count). The molecule has 1 aliphatic rings. The fourth-order valence-corrected chi connectivity index (χ4v) is 3.10. The van der Waals surface area contributed by atoms with Gasteiger partial charge < -0.3 is 9.88 Å². The van der Waals surface area contributed by atoms with Crippen LogP contribution in [0.4, 0.5) is 0 Å². The molecule has 4 nitrogen and oxygen atoms in total. The number of aryl methyl sites for hydroxylation is 1. The highest BCUT2D eigenvalue weighted by molar-refractivity contribution is 5.81. The molecule has 1 atom stereocenters. The van der Waals surface area contributed by atoms with Gasteiger partial charge in [-0.3, -0.25) is 9.69 Å². The van der Waals surface area contributed by atoms with Crippen LogP contribution >= 0.6 is 0 Å². The van der Waals surface area contributed by atoms with Gasteiger partial charge in [-0.1, -0.05) is 33.6 Å². The Bertz CT molecular complexity index is 479. The van der Waals surface area contributed by atoms with E-state index in [0.29, 0.717) is 6.54 Å². The first-order valence-electron chi connectivity index (χ1n) is 8.53. The number of nitrogens with zero attached hydrogens (tertiary/aromatic N) is 2. The average molecular weight is 305 g/mol. The summed E-state index contributed by atoms with van der Waals surface area (Å²) in [5, 5.41) is 3.16. The normalized spacial score (nSPS) is 18.7. The molecule has 1 unspecified atom stereocenters. The zero-order valence-corrected chi connectivity index (χ0v) is 14.6. The van der Waals surface area contributed by atoms with Gasteiger partial charge in [-0.15, -0.1) is 0 Å². The molecule has 124 valence electrons. The Morgan fingerprint density at radius 1 is 1.23 bits per heavy atom. The Kier molecular flexibility index (Phi) is 5.68. The highest BCUT2D eigenvalue weighted by atomic mass is 16.2. The Morgan fingerprint density at radius 3 is 2.36 bits per heavy atom. The molecule has 1 amide bonds. The lowest BCUT2D eigenvalue weighted by atomic mass is 9.95. The molecule has 1 aromatic rings. The molecule has 1 N–H and O–H groups in total. The van der Waals surface area contributed by atoms with E-state index >= 15 is 0 Å². The summed E-state index contributed by atoms with van der Waals surface area (Å²) in [4.78, 5) is 14.8. The topological polar surface area (TPSA) is 37.3 Å². The molecule has 0 aliphatic carbocycles. The molecule has 1 saturated heterocycles. The van der Waals surface area contributed by atoms with E-state index in [4.69, 9.17) is 0 Å². The summed E-state index contributed by atoms with van der Waals surface area (Å²) in [5.41, 5.74) is 0.952. The molecule has 2 heterocycles. The summed E-state index contributed by atoms with van der Waals surface area (Å²) >= 11 is 0. The Morgan fingerprint density at radius 2 is 1.86 bits per heavy atom. The van der Waals surface area contributed by atoms with E-state index in [2.05, 4.69) is 40.2 Å². The third-order valence-electron chi connectivity index (χ3n) is 4.54. The van der Waals surface area contributed by atoms with E-state index in [9.17, 15) is 4.79 Å². The van der Waals surface area contributed by atoms with Crippen molar-refractivity contribution >= 4 is 5.91 Å². The van der Waals surface area contributed by atoms with Gasteiger partial charge in [0.15, 0.2) is 0 Å². The van der Waals surface area contributed by atoms with Gasteiger partial charge in [0.2, 0.25) is 5.91 Å². The van der Waals surface area contributed by atoms with E-state index < -0.39 is 0 Å². The first-order valence-corrected chi connectivity index (χ1v) is 8.53. The second kappa shape index (κ2) is 7.32. The molecular formula is C18H31N3O. The molecule has 0 spiro atoms. The molecule has 4 heteroatoms. The molecule has 0 saturated carbocycles. The largest absolute Gasteiger partial charge is 0.354 e. The minimum atomic E-state index is -0.336. The molecule has 0 aromatic carbocycles. The number of amides is 1. The van der Waals surface area contributed by atoms with Crippen LogP contribution in [-0.2, 0) is 11.8 Å². The standard InChI is InChI=1S/C18H31N3O/c1-18(2,3)17(22)19-14-16(15-10-9-11-20(15)4)21-12-7-5-6-8-13-21/h9-11,16H,5-8,12-14H2,1-4H3,(H,19,22). The number of rotatable bonds is 4. The Hall–Kier alpha value is -1.29. The van der Waals surface area contributed by atoms with Crippen LogP contribution in [0.3, 0.4) is 0 Å². The van der Waals surface area contributed by atoms with E-state index in [1.165, 1.54) is 31.4 Å². The second-order valence-corrected chi connectivity index (χ2v) is 7.47. The van der Waals surface area contributed by atoms with E-state index in [0.717, 1.165) is 13.1 Å². The smallest absolute Gasteiger partial charge is 0.225 e. The number of hydrogen-bond donors (Lipinski definition) is 1. The lowest BCUT2D eigenvalue weighted by Gasteiger charge is -2.32. The molecule has 1 aromatic heterocycles. The molecule has 0 bridgehead atoms. The van der Waals surface area contributed by atoms with Crippen molar-refractivity contribution < 1.29 is 4.79 Å². The maximum absolute atomic E-state index is 12.2. The van der Waals surface area contributed by atoms with Gasteiger partial charge in [-0.2, -0.15) is 0 Å². The molecule has 0 radical (unpaired) electrons. The van der Waals surface area contributed by atoms with Gasteiger partial charge in [-0.25, -0.2) is 0 Å². The van der Waals surface area contributed by atoms with E-state index in [-0.39, 0.29) is 17.4 Å². The summed E-state index contributed by atoms with van der Waals surface area (Å²) < 4.78 is 2.18. The van der Waals surface area contributed by atoms with Crippen molar-refractivity contribution in [1.82, 2.24) is 14.8 Å². The number of nitrogens with one attached hydrogen (secondary N) is 1. The third kappa shape index (κ3) is 4.35. The maximum atomic E-state index is 12.2. The molecule has 1 fully saturated rings. The first kappa shape index (κ1) is 17.1. The fraction of sp³-hybridized carbons (Fsp3) is 0.722. The van der Waals surface area contributed by atoms with Crippen molar-refractivity contribution in [2.24, 2.45) is 12.5 Å². The van der Waals surface area contributed by atoms with Crippen molar-refractivity contribution in [2.45, 2.75) is 52.5 Å². The fourth-order valence-electron chi connectivity index (χ4n) is 3.10. The molecule has 22 heavy (non-hydrogen) atoms. The summed E-state index contributed by atoms with van der Waals surface area (Å²) in [6, 6.07) is 4.54. The van der Waals surface area contributed by atoms with Crippen molar-refractivity contribution in [1.29, 1.82) is 0 Å². The van der Waals surface area contributed by atoms with Crippen LogP contribution in [0.15, 0.2) is 18.3 Å². The highest BCUT2D eigenvalue weighted by Gasteiger charge is 2.26. The van der Waals surface area contributed by atoms with E-state index in [1.807, 2.05) is 20.8 Å². The van der Waals surface area contributed by atoms with E-state index in [1.54, 1.807) is 0 Å². The molecular weight excluding hydrogens is 274 g/mol. The zero-order valence-electron chi connectivity index (χ0n) is 14.6. The predicted molar refractivity (Wildman–Crippen MR) is 90.7 cm³/mol. The maximum Gasteiger partial charge on any atom is 0.225 e. The van der Waals surface area contributed by atoms with Gasteiger partial charge in [0.05, 0.1) is 6.04 Å². The quantitative estimate of drug-likeness (QED) is 0.928. The number of aromatic nitrogens is 1. The van der Waals surface area contributed by atoms with Crippen molar-refractivity contribution in [3.05, 3.63) is 24.0 Å². The Labute approximate surface area is 134 Å². The zero-order chi connectivity index (χ0) is 16.2. The number of hydrogen-bond acceptors (Lipinski definition) is 2. The van der Waals surface area contributed by atoms with Crippen LogP contribution in [0, 0.1) is 5.41 Å². The minimum Gasteiger partial charge on any atom is -0.354 e. The van der Waals surface area contributed by atoms with Gasteiger partial charge in [0.1, 0.15) is 0 Å². The predicted octanol–water partition coefficient (Wildman–Crippen LogP) is 3.10. The van der Waals surface area contributed by atoms with Crippen LogP contribution in [0.1, 0.15) is 58.2 Å². The van der Waals surface area contributed by atoms with Gasteiger partial charge in [0.25, 0.3) is 0 Å². The van der Waals surface area contributed by atoms with Gasteiger partial charge >= 0.3 is 0 Å². The van der Waals surface area contributed by atoms with Gasteiger partial charge in [0, 0.05) is 30.9 Å². The SMILES string of the molecule is Cn1cccc1C(CNC(=O)C(C)(C)C)N1CCCCCC1. The second-order valence-electron chi connectivity index (χ2n) is 7.47. The Balaban J connectivity index is 2.11. The van der Waals surface area contributed by atoms with Crippen molar-refractivity contribution in [3.8, 4) is 0 Å². The van der Waals surface area contributed by atoms with Crippen LogP contribution in [0.2, 0.25) is 0 Å². The lowest BCUT2D eigenvalue weighted by molar-refractivity contribution is -0.128. The first-order chi connectivity index (χ1) is 10.4. The summed E-state index contributed by atoms with van der Waals surface area (Å²) in [6.07, 6.45) is 7.25. The number of carbonyl (C=O) groups is 1. The average Bonchev–Trinajstić information content (AvgIpc) is 2.72. The summed E-state index contributed by atoms with van der Waals surface area (Å²) in [5.74, 6) is 0.126. The monoisotopic (exact) mass is 305 g/mol. The third-order valence-corrected chi connectivity index (χ3v) is 4.54. The van der Waals surface area contributed by atoms with Crippen molar-refractivity contribution in [2.75, 3.05) is 19.6 Å². The minimum absolute atomic E-state index is 0.126. The van der Waals surface area contributed by atoms with Crippen LogP contribution < -0.4 is 5.32 Å². The van der Waals surface area contributed by atoms with Gasteiger partial charge in [-0.05, 0) is 38.1 Å². The number of likely N-dealkylation sites (tertiary alicyclic amines) is 1. The molecule has 1 aliphatic heterocycles. The number of carbonyl (C=O) groups excluding carboxylic acids is 1. The van der Waals surface area contributed by atoms with Crippen LogP contribution in [0.25, 0.3) is 0 Å². The van der Waals surface area contributed by atoms with Crippen molar-refractivity contribution in [3.63, 3.8) is 0 Å². The van der Waals surface area contributed by atoms with Crippen LogP contribution in [-0.4, -0.2) is 35.0 Å². The van der Waals surface area contributed by atoms with Crippen LogP contribution in [0.5, 0.6) is 0 Å². The summed E-state index contributed by atoms with van der Waals surface area (Å²) in [6.45, 7) is 8.83. The summed E-state index contributed by atoms with van der Waals surface area (Å²) in [7, 11) is 2.09.